The molecule has 2 aliphatic rings. The predicted octanol–water partition coefficient (Wildman–Crippen LogP) is 2.97. The Balaban J connectivity index is 1.78. The van der Waals surface area contributed by atoms with E-state index in [0.29, 0.717) is 19.4 Å². The van der Waals surface area contributed by atoms with Gasteiger partial charge in [0, 0.05) is 40.2 Å². The Kier molecular flexibility index (Phi) is 6.35. The van der Waals surface area contributed by atoms with Gasteiger partial charge in [0.25, 0.3) is 5.91 Å². The Morgan fingerprint density at radius 3 is 2.62 bits per heavy atom. The van der Waals surface area contributed by atoms with E-state index in [0.717, 1.165) is 6.92 Å². The fraction of sp³-hybridized carbons (Fsp3) is 0.417. The number of Topliss-reactive ketones (excluding diaryl/α,β-unsaturated/α-hetero) is 1. The molecular weight excluding hydrogens is 467 g/mol. The highest BCUT2D eigenvalue weighted by molar-refractivity contribution is 6.30. The van der Waals surface area contributed by atoms with Gasteiger partial charge in [-0.3, -0.25) is 19.2 Å². The fourth-order valence-electron chi connectivity index (χ4n) is 4.78. The van der Waals surface area contributed by atoms with E-state index < -0.39 is 40.2 Å². The van der Waals surface area contributed by atoms with Gasteiger partial charge in [0.1, 0.15) is 5.82 Å². The van der Waals surface area contributed by atoms with Gasteiger partial charge >= 0.3 is 5.97 Å². The molecule has 2 aromatic rings. The minimum absolute atomic E-state index is 0.0217. The number of amides is 1. The van der Waals surface area contributed by atoms with Crippen LogP contribution in [-0.4, -0.2) is 53.9 Å². The summed E-state index contributed by atoms with van der Waals surface area (Å²) in [6.45, 7) is 1.46. The van der Waals surface area contributed by atoms with Gasteiger partial charge in [-0.05, 0) is 30.9 Å². The highest BCUT2D eigenvalue weighted by Gasteiger charge is 2.52. The van der Waals surface area contributed by atoms with E-state index in [2.05, 4.69) is 0 Å². The lowest BCUT2D eigenvalue weighted by Crippen LogP contribution is -2.61. The summed E-state index contributed by atoms with van der Waals surface area (Å²) >= 11 is 5.82. The first-order valence-corrected chi connectivity index (χ1v) is 11.2. The van der Waals surface area contributed by atoms with Crippen LogP contribution in [0.2, 0.25) is 5.02 Å². The lowest BCUT2D eigenvalue weighted by Gasteiger charge is -2.53. The number of hydrogen-bond donors (Lipinski definition) is 0. The number of likely N-dealkylation sites (N-methyl/N-ethyl adjacent to an activating group) is 1. The Bertz CT molecular complexity index is 1250. The number of hydrogen-bond acceptors (Lipinski definition) is 6. The van der Waals surface area contributed by atoms with E-state index >= 15 is 0 Å². The zero-order valence-corrected chi connectivity index (χ0v) is 19.8. The fourth-order valence-corrected chi connectivity index (χ4v) is 4.97. The number of methoxy groups -OCH3 is 1. The first-order chi connectivity index (χ1) is 16.1. The normalized spacial score (nSPS) is 21.3. The van der Waals surface area contributed by atoms with Gasteiger partial charge in [-0.1, -0.05) is 23.7 Å². The molecule has 180 valence electrons. The van der Waals surface area contributed by atoms with Gasteiger partial charge in [-0.2, -0.15) is 0 Å². The van der Waals surface area contributed by atoms with E-state index in [1.54, 1.807) is 24.8 Å². The zero-order valence-electron chi connectivity index (χ0n) is 19.0. The summed E-state index contributed by atoms with van der Waals surface area (Å²) in [5.41, 5.74) is -1.50. The van der Waals surface area contributed by atoms with Crippen LogP contribution in [0.15, 0.2) is 29.2 Å². The van der Waals surface area contributed by atoms with E-state index in [9.17, 15) is 23.6 Å². The predicted molar refractivity (Wildman–Crippen MR) is 121 cm³/mol. The molecule has 1 aliphatic carbocycles. The molecule has 1 saturated carbocycles. The SMILES string of the molecule is COC1CC2(C1)CN(C)C(=O)c1c(OC(C)=O)c(=O)c(C(=O)CCc3cccc(Cl)c3F)cn12. The molecule has 1 fully saturated rings. The van der Waals surface area contributed by atoms with Crippen LogP contribution in [-0.2, 0) is 21.5 Å². The van der Waals surface area contributed by atoms with E-state index in [-0.39, 0.29) is 40.8 Å². The molecule has 1 aromatic heterocycles. The summed E-state index contributed by atoms with van der Waals surface area (Å²) < 4.78 is 26.4. The van der Waals surface area contributed by atoms with Crippen molar-refractivity contribution in [2.75, 3.05) is 20.7 Å². The van der Waals surface area contributed by atoms with Gasteiger partial charge in [0.15, 0.2) is 11.5 Å². The summed E-state index contributed by atoms with van der Waals surface area (Å²) in [6, 6.07) is 4.50. The zero-order chi connectivity index (χ0) is 24.8. The van der Waals surface area contributed by atoms with Crippen molar-refractivity contribution >= 4 is 29.3 Å². The maximum Gasteiger partial charge on any atom is 0.308 e. The number of nitrogens with zero attached hydrogens (tertiary/aromatic N) is 2. The lowest BCUT2D eigenvalue weighted by molar-refractivity contribution is -0.132. The average molecular weight is 491 g/mol. The molecule has 0 radical (unpaired) electrons. The quantitative estimate of drug-likeness (QED) is 0.456. The van der Waals surface area contributed by atoms with Crippen molar-refractivity contribution in [2.24, 2.45) is 0 Å². The largest absolute Gasteiger partial charge is 0.420 e. The van der Waals surface area contributed by atoms with Gasteiger partial charge < -0.3 is 18.9 Å². The van der Waals surface area contributed by atoms with Crippen LogP contribution in [0, 0.1) is 5.82 Å². The number of carbonyl (C=O) groups is 3. The number of aryl methyl sites for hydroxylation is 1. The van der Waals surface area contributed by atoms with Crippen molar-refractivity contribution in [1.29, 1.82) is 0 Å². The molecule has 1 spiro atoms. The molecular formula is C24H24ClFN2O6. The molecule has 0 saturated heterocycles. The third-order valence-corrected chi connectivity index (χ3v) is 6.80. The third kappa shape index (κ3) is 4.03. The molecule has 0 bridgehead atoms. The first kappa shape index (κ1) is 24.1. The molecule has 10 heteroatoms. The Labute approximate surface area is 200 Å². The molecule has 1 amide bonds. The van der Waals surface area contributed by atoms with Crippen LogP contribution in [0.4, 0.5) is 4.39 Å². The number of pyridine rings is 1. The second-order valence-corrected chi connectivity index (χ2v) is 9.21. The highest BCUT2D eigenvalue weighted by atomic mass is 35.5. The smallest absolute Gasteiger partial charge is 0.308 e. The number of fused-ring (bicyclic) bond motifs is 2. The molecule has 34 heavy (non-hydrogen) atoms. The summed E-state index contributed by atoms with van der Waals surface area (Å²) in [6.07, 6.45) is 2.28. The van der Waals surface area contributed by atoms with Gasteiger partial charge in [0.2, 0.25) is 11.2 Å². The van der Waals surface area contributed by atoms with Crippen LogP contribution in [0.25, 0.3) is 0 Å². The number of halogens is 2. The van der Waals surface area contributed by atoms with Gasteiger partial charge in [0.05, 0.1) is 22.2 Å². The Morgan fingerprint density at radius 1 is 1.26 bits per heavy atom. The summed E-state index contributed by atoms with van der Waals surface area (Å²) in [5, 5.41) is -0.0572. The van der Waals surface area contributed by atoms with E-state index in [1.807, 2.05) is 0 Å². The minimum Gasteiger partial charge on any atom is -0.420 e. The van der Waals surface area contributed by atoms with Crippen LogP contribution >= 0.6 is 11.6 Å². The molecule has 0 unspecified atom stereocenters. The molecule has 8 nitrogen and oxygen atoms in total. The second kappa shape index (κ2) is 8.96. The topological polar surface area (TPSA) is 94.9 Å². The van der Waals surface area contributed by atoms with E-state index in [1.165, 1.54) is 23.2 Å². The number of aromatic nitrogens is 1. The maximum absolute atomic E-state index is 14.3. The second-order valence-electron chi connectivity index (χ2n) is 8.80. The first-order valence-electron chi connectivity index (χ1n) is 10.8. The van der Waals surface area contributed by atoms with Gasteiger partial charge in [-0.15, -0.1) is 0 Å². The minimum atomic E-state index is -0.848. The van der Waals surface area contributed by atoms with Crippen LogP contribution in [0.3, 0.4) is 0 Å². The molecule has 0 N–H and O–H groups in total. The number of esters is 1. The number of rotatable bonds is 6. The maximum atomic E-state index is 14.3. The van der Waals surface area contributed by atoms with Crippen LogP contribution in [0.1, 0.15) is 52.6 Å². The van der Waals surface area contributed by atoms with Crippen LogP contribution < -0.4 is 10.2 Å². The summed E-state index contributed by atoms with van der Waals surface area (Å²) in [7, 11) is 3.20. The lowest BCUT2D eigenvalue weighted by atomic mass is 9.72. The van der Waals surface area contributed by atoms with Crippen molar-refractivity contribution in [3.05, 3.63) is 62.3 Å². The van der Waals surface area contributed by atoms with E-state index in [4.69, 9.17) is 21.1 Å². The highest BCUT2D eigenvalue weighted by Crippen LogP contribution is 2.45. The van der Waals surface area contributed by atoms with Gasteiger partial charge in [-0.25, -0.2) is 4.39 Å². The van der Waals surface area contributed by atoms with Crippen molar-refractivity contribution in [2.45, 2.75) is 44.2 Å². The molecule has 2 heterocycles. The van der Waals surface area contributed by atoms with Crippen molar-refractivity contribution < 1.29 is 28.2 Å². The molecule has 4 rings (SSSR count). The van der Waals surface area contributed by atoms with Crippen molar-refractivity contribution in [3.8, 4) is 5.75 Å². The number of carbonyl (C=O) groups excluding carboxylic acids is 3. The Morgan fingerprint density at radius 2 is 1.97 bits per heavy atom. The average Bonchev–Trinajstić information content (AvgIpc) is 2.76. The molecule has 0 atom stereocenters. The Hall–Kier alpha value is -3.04. The van der Waals surface area contributed by atoms with Crippen molar-refractivity contribution in [3.63, 3.8) is 0 Å². The summed E-state index contributed by atoms with van der Waals surface area (Å²) in [5.74, 6) is -2.92. The van der Waals surface area contributed by atoms with Crippen molar-refractivity contribution in [1.82, 2.24) is 9.47 Å². The number of ether oxygens (including phenoxy) is 2. The number of benzene rings is 1. The molecule has 1 aliphatic heterocycles. The standard InChI is InChI=1S/C24H24ClFN2O6/c1-13(29)34-22-20-23(32)27(2)12-24(9-15(10-24)33-3)28(20)11-16(21(22)31)18(30)8-7-14-5-4-6-17(25)19(14)26/h4-6,11,15H,7-10,12H2,1-3H3. The summed E-state index contributed by atoms with van der Waals surface area (Å²) in [4.78, 5) is 52.6. The third-order valence-electron chi connectivity index (χ3n) is 6.50. The van der Waals surface area contributed by atoms with Crippen LogP contribution in [0.5, 0.6) is 5.75 Å². The monoisotopic (exact) mass is 490 g/mol. The number of ketones is 1. The molecule has 1 aromatic carbocycles.